The molecule has 0 aromatic heterocycles. The molecule has 1 aromatic carbocycles. The van der Waals surface area contributed by atoms with E-state index in [4.69, 9.17) is 17.3 Å². The van der Waals surface area contributed by atoms with Crippen molar-refractivity contribution in [2.24, 2.45) is 11.7 Å². The molecule has 2 fully saturated rings. The van der Waals surface area contributed by atoms with Gasteiger partial charge in [0.2, 0.25) is 11.8 Å². The molecular weight excluding hydrogens is 383 g/mol. The summed E-state index contributed by atoms with van der Waals surface area (Å²) in [6.07, 6.45) is -0.140. The van der Waals surface area contributed by atoms with Crippen LogP contribution in [0.15, 0.2) is 18.2 Å². The summed E-state index contributed by atoms with van der Waals surface area (Å²) < 4.78 is 39.6. The summed E-state index contributed by atoms with van der Waals surface area (Å²) in [5, 5.41) is 2.24. The van der Waals surface area contributed by atoms with Gasteiger partial charge in [0, 0.05) is 11.1 Å². The summed E-state index contributed by atoms with van der Waals surface area (Å²) in [6.45, 7) is -0.172. The van der Waals surface area contributed by atoms with Crippen LogP contribution in [0.25, 0.3) is 0 Å². The van der Waals surface area contributed by atoms with Crippen LogP contribution in [0.2, 0.25) is 5.02 Å². The fraction of sp³-hybridized carbons (Fsp3) is 0.556. The molecule has 3 N–H and O–H groups in total. The van der Waals surface area contributed by atoms with Gasteiger partial charge in [-0.25, -0.2) is 0 Å². The Bertz CT molecular complexity index is 741. The van der Waals surface area contributed by atoms with Gasteiger partial charge in [0.25, 0.3) is 0 Å². The topological polar surface area (TPSA) is 75.4 Å². The van der Waals surface area contributed by atoms with E-state index in [2.05, 4.69) is 5.32 Å². The number of nitrogens with zero attached hydrogens (tertiary/aromatic N) is 1. The van der Waals surface area contributed by atoms with Gasteiger partial charge in [0.05, 0.1) is 23.8 Å². The molecule has 2 aliphatic rings. The number of hydrogen-bond acceptors (Lipinski definition) is 3. The first-order valence-electron chi connectivity index (χ1n) is 8.88. The number of likely N-dealkylation sites (tertiary alicyclic amines) is 1. The minimum absolute atomic E-state index is 0.0642. The van der Waals surface area contributed by atoms with Crippen LogP contribution in [0.4, 0.5) is 18.9 Å². The predicted molar refractivity (Wildman–Crippen MR) is 95.1 cm³/mol. The number of nitrogens with one attached hydrogen (secondary N) is 1. The molecule has 5 nitrogen and oxygen atoms in total. The number of carbonyl (C=O) groups is 2. The van der Waals surface area contributed by atoms with Crippen LogP contribution in [-0.4, -0.2) is 35.3 Å². The first-order valence-corrected chi connectivity index (χ1v) is 9.26. The van der Waals surface area contributed by atoms with E-state index in [1.165, 1.54) is 6.07 Å². The van der Waals surface area contributed by atoms with E-state index in [0.717, 1.165) is 37.8 Å². The van der Waals surface area contributed by atoms with E-state index in [-0.39, 0.29) is 23.3 Å². The van der Waals surface area contributed by atoms with Crippen molar-refractivity contribution in [2.75, 3.05) is 11.9 Å². The number of rotatable bonds is 4. The Morgan fingerprint density at radius 2 is 1.96 bits per heavy atom. The highest BCUT2D eigenvalue weighted by atomic mass is 35.5. The summed E-state index contributed by atoms with van der Waals surface area (Å²) in [5.74, 6) is -0.815. The first-order chi connectivity index (χ1) is 12.7. The number of nitrogens with two attached hydrogens (primary N) is 1. The average Bonchev–Trinajstić information content (AvgIpc) is 2.94. The highest BCUT2D eigenvalue weighted by molar-refractivity contribution is 6.30. The predicted octanol–water partition coefficient (Wildman–Crippen LogP) is 3.42. The van der Waals surface area contributed by atoms with Crippen LogP contribution in [0.5, 0.6) is 0 Å². The third-order valence-electron chi connectivity index (χ3n) is 5.44. The molecule has 148 valence electrons. The van der Waals surface area contributed by atoms with E-state index in [9.17, 15) is 22.8 Å². The van der Waals surface area contributed by atoms with E-state index in [1.807, 2.05) is 0 Å². The molecule has 0 spiro atoms. The summed E-state index contributed by atoms with van der Waals surface area (Å²) in [4.78, 5) is 26.0. The zero-order chi connectivity index (χ0) is 19.8. The quantitative estimate of drug-likeness (QED) is 0.808. The van der Waals surface area contributed by atoms with Gasteiger partial charge in [0.1, 0.15) is 0 Å². The normalized spacial score (nSPS) is 25.9. The Balaban J connectivity index is 1.76. The van der Waals surface area contributed by atoms with Gasteiger partial charge in [-0.2, -0.15) is 13.2 Å². The van der Waals surface area contributed by atoms with Crippen molar-refractivity contribution in [1.82, 2.24) is 4.90 Å². The Labute approximate surface area is 160 Å². The van der Waals surface area contributed by atoms with Gasteiger partial charge >= 0.3 is 6.18 Å². The molecule has 2 amide bonds. The largest absolute Gasteiger partial charge is 0.418 e. The van der Waals surface area contributed by atoms with Crippen molar-refractivity contribution >= 4 is 29.1 Å². The van der Waals surface area contributed by atoms with Crippen molar-refractivity contribution in [3.05, 3.63) is 28.8 Å². The van der Waals surface area contributed by atoms with E-state index in [0.29, 0.717) is 12.3 Å². The Kier molecular flexibility index (Phi) is 5.67. The Hall–Kier alpha value is -1.80. The highest BCUT2D eigenvalue weighted by Gasteiger charge is 2.45. The van der Waals surface area contributed by atoms with E-state index in [1.54, 1.807) is 4.90 Å². The monoisotopic (exact) mass is 403 g/mol. The summed E-state index contributed by atoms with van der Waals surface area (Å²) in [6, 6.07) is 2.69. The molecule has 1 aromatic rings. The standard InChI is InChI=1S/C18H21ClF3N3O2/c19-11-5-6-13(12(8-11)18(20,21)22)24-16(26)9-25-14-4-2-1-3-10(14)7-15(25)17(23)27/h5-6,8,10,14-15H,1-4,7,9H2,(H2,23,27)(H,24,26)/t10-,14-,15+/m1/s1. The second-order valence-electron chi connectivity index (χ2n) is 7.17. The van der Waals surface area contributed by atoms with Crippen LogP contribution in [0, 0.1) is 5.92 Å². The van der Waals surface area contributed by atoms with E-state index < -0.39 is 29.6 Å². The third-order valence-corrected chi connectivity index (χ3v) is 5.67. The lowest BCUT2D eigenvalue weighted by Gasteiger charge is -2.32. The van der Waals surface area contributed by atoms with Gasteiger partial charge in [-0.05, 0) is 43.4 Å². The Morgan fingerprint density at radius 3 is 2.63 bits per heavy atom. The molecule has 1 aliphatic carbocycles. The van der Waals surface area contributed by atoms with E-state index >= 15 is 0 Å². The van der Waals surface area contributed by atoms with Crippen molar-refractivity contribution in [2.45, 2.75) is 50.4 Å². The number of amides is 2. The van der Waals surface area contributed by atoms with Crippen molar-refractivity contribution in [3.8, 4) is 0 Å². The number of benzene rings is 1. The molecule has 1 aliphatic heterocycles. The molecule has 1 heterocycles. The minimum atomic E-state index is -4.65. The van der Waals surface area contributed by atoms with Crippen molar-refractivity contribution in [3.63, 3.8) is 0 Å². The summed E-state index contributed by atoms with van der Waals surface area (Å²) in [7, 11) is 0. The van der Waals surface area contributed by atoms with Gasteiger partial charge in [-0.3, -0.25) is 14.5 Å². The fourth-order valence-electron chi connectivity index (χ4n) is 4.28. The average molecular weight is 404 g/mol. The molecule has 0 bridgehead atoms. The SMILES string of the molecule is NC(=O)[C@@H]1C[C@H]2CCCC[C@H]2N1CC(=O)Nc1ccc(Cl)cc1C(F)(F)F. The number of halogens is 4. The third kappa shape index (κ3) is 4.38. The molecule has 1 saturated heterocycles. The first kappa shape index (κ1) is 19.9. The zero-order valence-electron chi connectivity index (χ0n) is 14.6. The lowest BCUT2D eigenvalue weighted by molar-refractivity contribution is -0.137. The fourth-order valence-corrected chi connectivity index (χ4v) is 4.45. The summed E-state index contributed by atoms with van der Waals surface area (Å²) >= 11 is 5.65. The van der Waals surface area contributed by atoms with Crippen LogP contribution in [0.3, 0.4) is 0 Å². The number of hydrogen-bond donors (Lipinski definition) is 2. The number of carbonyl (C=O) groups excluding carboxylic acids is 2. The van der Waals surface area contributed by atoms with Crippen LogP contribution >= 0.6 is 11.6 Å². The van der Waals surface area contributed by atoms with Crippen LogP contribution in [0.1, 0.15) is 37.7 Å². The summed E-state index contributed by atoms with van der Waals surface area (Å²) in [5.41, 5.74) is 4.13. The van der Waals surface area contributed by atoms with Gasteiger partial charge in [-0.15, -0.1) is 0 Å². The second-order valence-corrected chi connectivity index (χ2v) is 7.61. The minimum Gasteiger partial charge on any atom is -0.368 e. The molecule has 1 saturated carbocycles. The number of fused-ring (bicyclic) bond motifs is 1. The highest BCUT2D eigenvalue weighted by Crippen LogP contribution is 2.40. The maximum atomic E-state index is 13.2. The molecule has 9 heteroatoms. The number of primary amides is 1. The van der Waals surface area contributed by atoms with Crippen molar-refractivity contribution in [1.29, 1.82) is 0 Å². The molecular formula is C18H21ClF3N3O2. The molecule has 0 unspecified atom stereocenters. The second kappa shape index (κ2) is 7.67. The maximum absolute atomic E-state index is 13.2. The molecule has 0 radical (unpaired) electrons. The molecule has 27 heavy (non-hydrogen) atoms. The zero-order valence-corrected chi connectivity index (χ0v) is 15.3. The lowest BCUT2D eigenvalue weighted by Crippen LogP contribution is -2.48. The Morgan fingerprint density at radius 1 is 1.26 bits per heavy atom. The van der Waals surface area contributed by atoms with Crippen LogP contribution in [-0.2, 0) is 15.8 Å². The molecule has 3 rings (SSSR count). The number of anilines is 1. The maximum Gasteiger partial charge on any atom is 0.418 e. The number of alkyl halides is 3. The van der Waals surface area contributed by atoms with Crippen LogP contribution < -0.4 is 11.1 Å². The van der Waals surface area contributed by atoms with Gasteiger partial charge in [0.15, 0.2) is 0 Å². The van der Waals surface area contributed by atoms with Crippen molar-refractivity contribution < 1.29 is 22.8 Å². The van der Waals surface area contributed by atoms with Gasteiger partial charge in [-0.1, -0.05) is 24.4 Å². The lowest BCUT2D eigenvalue weighted by atomic mass is 9.84. The van der Waals surface area contributed by atoms with Gasteiger partial charge < -0.3 is 11.1 Å². The molecule has 3 atom stereocenters. The smallest absolute Gasteiger partial charge is 0.368 e.